The molecule has 1 unspecified atom stereocenters. The van der Waals surface area contributed by atoms with Crippen LogP contribution in [0.3, 0.4) is 0 Å². The van der Waals surface area contributed by atoms with E-state index >= 15 is 0 Å². The molecule has 0 N–H and O–H groups in total. The molecule has 4 aliphatic rings. The van der Waals surface area contributed by atoms with Crippen LogP contribution in [-0.2, 0) is 6.54 Å². The summed E-state index contributed by atoms with van der Waals surface area (Å²) < 4.78 is 0. The molecule has 5 rings (SSSR count). The number of hydrogen-bond donors (Lipinski definition) is 0. The number of fused-ring (bicyclic) bond motifs is 3. The first-order chi connectivity index (χ1) is 10.5. The van der Waals surface area contributed by atoms with Crippen LogP contribution < -0.4 is 0 Å². The van der Waals surface area contributed by atoms with Gasteiger partial charge in [0.15, 0.2) is 0 Å². The van der Waals surface area contributed by atoms with Crippen molar-refractivity contribution in [3.8, 4) is 0 Å². The van der Waals surface area contributed by atoms with E-state index in [1.165, 1.54) is 25.7 Å². The largest absolute Gasteiger partial charge is 0.299 e. The zero-order valence-electron chi connectivity index (χ0n) is 14.7. The highest BCUT2D eigenvalue weighted by Crippen LogP contribution is 2.57. The van der Waals surface area contributed by atoms with Gasteiger partial charge in [-0.15, -0.1) is 0 Å². The fraction of sp³-hybridized carbons (Fsp3) is 0.714. The van der Waals surface area contributed by atoms with Gasteiger partial charge in [0, 0.05) is 12.6 Å². The van der Waals surface area contributed by atoms with Crippen molar-refractivity contribution in [3.63, 3.8) is 0 Å². The summed E-state index contributed by atoms with van der Waals surface area (Å²) in [6.07, 6.45) is 5.91. The Kier molecular flexibility index (Phi) is 3.41. The third-order valence-electron chi connectivity index (χ3n) is 6.87. The predicted molar refractivity (Wildman–Crippen MR) is 92.8 cm³/mol. The molecular weight excluding hydrogens is 266 g/mol. The number of benzene rings is 1. The summed E-state index contributed by atoms with van der Waals surface area (Å²) >= 11 is 0. The van der Waals surface area contributed by atoms with Gasteiger partial charge in [-0.25, -0.2) is 0 Å². The van der Waals surface area contributed by atoms with Crippen molar-refractivity contribution in [2.75, 3.05) is 7.05 Å². The number of hydrogen-bond acceptors (Lipinski definition) is 1. The lowest BCUT2D eigenvalue weighted by molar-refractivity contribution is -0.0391. The lowest BCUT2D eigenvalue weighted by Gasteiger charge is -2.55. The Morgan fingerprint density at radius 3 is 2.27 bits per heavy atom. The van der Waals surface area contributed by atoms with Crippen molar-refractivity contribution in [1.82, 2.24) is 4.90 Å². The SMILES string of the molecule is CN1Cc2ccccc2C(C(C)(C)C)[C@@H]2C3CCC(CC3)[C@H]21. The average molecular weight is 297 g/mol. The van der Waals surface area contributed by atoms with Gasteiger partial charge >= 0.3 is 0 Å². The lowest BCUT2D eigenvalue weighted by atomic mass is 9.53. The Balaban J connectivity index is 1.88. The van der Waals surface area contributed by atoms with Gasteiger partial charge in [-0.05, 0) is 72.9 Å². The molecule has 1 nitrogen and oxygen atoms in total. The molecule has 1 aromatic carbocycles. The Bertz CT molecular complexity index is 547. The summed E-state index contributed by atoms with van der Waals surface area (Å²) in [7, 11) is 2.39. The zero-order chi connectivity index (χ0) is 15.5. The first kappa shape index (κ1) is 14.8. The van der Waals surface area contributed by atoms with E-state index in [0.29, 0.717) is 11.3 Å². The van der Waals surface area contributed by atoms with E-state index in [1.807, 2.05) is 0 Å². The third-order valence-corrected chi connectivity index (χ3v) is 6.87. The molecule has 3 aliphatic carbocycles. The summed E-state index contributed by atoms with van der Waals surface area (Å²) in [6.45, 7) is 8.56. The summed E-state index contributed by atoms with van der Waals surface area (Å²) in [5.74, 6) is 3.47. The number of nitrogens with zero attached hydrogens (tertiary/aromatic N) is 1. The minimum absolute atomic E-state index is 0.349. The molecule has 0 spiro atoms. The highest BCUT2D eigenvalue weighted by atomic mass is 15.1. The third kappa shape index (κ3) is 2.16. The van der Waals surface area contributed by atoms with E-state index in [2.05, 4.69) is 57.0 Å². The normalized spacial score (nSPS) is 38.3. The van der Waals surface area contributed by atoms with E-state index in [1.54, 1.807) is 11.1 Å². The maximum Gasteiger partial charge on any atom is 0.0236 e. The molecule has 120 valence electrons. The second kappa shape index (κ2) is 5.09. The van der Waals surface area contributed by atoms with E-state index in [-0.39, 0.29) is 0 Å². The second-order valence-corrected chi connectivity index (χ2v) is 9.20. The fourth-order valence-electron chi connectivity index (χ4n) is 6.19. The maximum atomic E-state index is 2.71. The van der Waals surface area contributed by atoms with Crippen LogP contribution in [0.15, 0.2) is 24.3 Å². The Labute approximate surface area is 136 Å². The highest BCUT2D eigenvalue weighted by Gasteiger charge is 2.52. The van der Waals surface area contributed by atoms with Crippen LogP contribution in [0.5, 0.6) is 0 Å². The minimum atomic E-state index is 0.349. The Morgan fingerprint density at radius 2 is 1.59 bits per heavy atom. The van der Waals surface area contributed by atoms with Crippen molar-refractivity contribution in [1.29, 1.82) is 0 Å². The molecule has 0 radical (unpaired) electrons. The molecule has 1 heterocycles. The van der Waals surface area contributed by atoms with E-state index < -0.39 is 0 Å². The Morgan fingerprint density at radius 1 is 0.955 bits per heavy atom. The van der Waals surface area contributed by atoms with Crippen LogP contribution in [0.2, 0.25) is 0 Å². The standard InChI is InChI=1S/C21H31N/c1-21(2,3)19-17-8-6-5-7-16(17)13-22(4)20-15-11-9-14(10-12-15)18(19)20/h5-8,14-15,18-20H,9-13H2,1-4H3/t14?,15?,18-,19?,20+/m0/s1. The topological polar surface area (TPSA) is 3.24 Å². The van der Waals surface area contributed by atoms with Gasteiger partial charge in [0.25, 0.3) is 0 Å². The smallest absolute Gasteiger partial charge is 0.0236 e. The van der Waals surface area contributed by atoms with E-state index in [4.69, 9.17) is 0 Å². The van der Waals surface area contributed by atoms with Crippen molar-refractivity contribution < 1.29 is 0 Å². The fourth-order valence-corrected chi connectivity index (χ4v) is 6.19. The molecule has 0 aromatic heterocycles. The second-order valence-electron chi connectivity index (χ2n) is 9.20. The molecule has 0 saturated heterocycles. The first-order valence-corrected chi connectivity index (χ1v) is 9.25. The molecule has 3 fully saturated rings. The van der Waals surface area contributed by atoms with Crippen molar-refractivity contribution in [2.45, 2.75) is 65.0 Å². The highest BCUT2D eigenvalue weighted by molar-refractivity contribution is 5.35. The molecule has 3 saturated carbocycles. The summed E-state index contributed by atoms with van der Waals surface area (Å²) in [5, 5.41) is 0. The number of rotatable bonds is 0. The van der Waals surface area contributed by atoms with Crippen LogP contribution >= 0.6 is 0 Å². The van der Waals surface area contributed by atoms with Gasteiger partial charge in [0.2, 0.25) is 0 Å². The van der Waals surface area contributed by atoms with Gasteiger partial charge in [0.1, 0.15) is 0 Å². The maximum absolute atomic E-state index is 2.71. The van der Waals surface area contributed by atoms with Gasteiger partial charge in [0.05, 0.1) is 0 Å². The van der Waals surface area contributed by atoms with Crippen LogP contribution in [0.25, 0.3) is 0 Å². The summed E-state index contributed by atoms with van der Waals surface area (Å²) in [5.41, 5.74) is 3.59. The molecule has 3 atom stereocenters. The van der Waals surface area contributed by atoms with Gasteiger partial charge in [-0.3, -0.25) is 4.90 Å². The Hall–Kier alpha value is -0.820. The molecule has 1 aliphatic heterocycles. The van der Waals surface area contributed by atoms with Crippen LogP contribution in [0.1, 0.15) is 63.5 Å². The molecular formula is C21H31N. The van der Waals surface area contributed by atoms with Crippen molar-refractivity contribution >= 4 is 0 Å². The molecule has 0 amide bonds. The van der Waals surface area contributed by atoms with Crippen molar-refractivity contribution in [3.05, 3.63) is 35.4 Å². The van der Waals surface area contributed by atoms with Gasteiger partial charge in [-0.1, -0.05) is 45.0 Å². The monoisotopic (exact) mass is 297 g/mol. The van der Waals surface area contributed by atoms with E-state index in [0.717, 1.165) is 30.3 Å². The summed E-state index contributed by atoms with van der Waals surface area (Å²) in [6, 6.07) is 10.1. The van der Waals surface area contributed by atoms with E-state index in [9.17, 15) is 0 Å². The minimum Gasteiger partial charge on any atom is -0.299 e. The van der Waals surface area contributed by atoms with Crippen LogP contribution in [0, 0.1) is 23.2 Å². The lowest BCUT2D eigenvalue weighted by Crippen LogP contribution is -2.54. The molecule has 22 heavy (non-hydrogen) atoms. The zero-order valence-corrected chi connectivity index (χ0v) is 14.7. The van der Waals surface area contributed by atoms with Crippen LogP contribution in [0.4, 0.5) is 0 Å². The van der Waals surface area contributed by atoms with Gasteiger partial charge in [-0.2, -0.15) is 0 Å². The molecule has 2 bridgehead atoms. The summed E-state index contributed by atoms with van der Waals surface area (Å²) in [4.78, 5) is 2.71. The molecule has 1 heteroatoms. The first-order valence-electron chi connectivity index (χ1n) is 9.25. The molecule has 1 aromatic rings. The van der Waals surface area contributed by atoms with Crippen LogP contribution in [-0.4, -0.2) is 18.0 Å². The van der Waals surface area contributed by atoms with Crippen molar-refractivity contribution in [2.24, 2.45) is 23.2 Å². The van der Waals surface area contributed by atoms with Gasteiger partial charge < -0.3 is 0 Å². The quantitative estimate of drug-likeness (QED) is 0.646. The predicted octanol–water partition coefficient (Wildman–Crippen LogP) is 5.07. The average Bonchev–Trinajstić information content (AvgIpc) is 2.62.